The molecule has 0 saturated heterocycles. The third-order valence-electron chi connectivity index (χ3n) is 2.21. The van der Waals surface area contributed by atoms with E-state index in [9.17, 15) is 8.42 Å². The van der Waals surface area contributed by atoms with Crippen molar-refractivity contribution in [3.63, 3.8) is 0 Å². The van der Waals surface area contributed by atoms with Crippen LogP contribution in [0.25, 0.3) is 6.08 Å². The van der Waals surface area contributed by atoms with Gasteiger partial charge in [-0.25, -0.2) is 13.1 Å². The van der Waals surface area contributed by atoms with Crippen LogP contribution in [0, 0.1) is 0 Å². The molecule has 1 rings (SSSR count). The van der Waals surface area contributed by atoms with E-state index in [1.54, 1.807) is 24.3 Å². The number of hydrogen-bond donors (Lipinski definition) is 1. The molecule has 0 heterocycles. The molecule has 0 aliphatic rings. The Morgan fingerprint density at radius 1 is 1.40 bits per heavy atom. The van der Waals surface area contributed by atoms with Crippen molar-refractivity contribution in [2.45, 2.75) is 6.92 Å². The normalized spacial score (nSPS) is 11.9. The third-order valence-corrected chi connectivity index (χ3v) is 3.56. The molecular formula is C14H18ClNO3S. The van der Waals surface area contributed by atoms with Crippen LogP contribution in [0.15, 0.2) is 41.8 Å². The molecule has 20 heavy (non-hydrogen) atoms. The Kier molecular flexibility index (Phi) is 6.95. The summed E-state index contributed by atoms with van der Waals surface area (Å²) >= 11 is 5.75. The van der Waals surface area contributed by atoms with Crippen LogP contribution in [0.1, 0.15) is 12.5 Å². The van der Waals surface area contributed by atoms with Gasteiger partial charge in [0.15, 0.2) is 0 Å². The first-order chi connectivity index (χ1) is 9.39. The Bertz CT molecular complexity index is 565. The van der Waals surface area contributed by atoms with Crippen molar-refractivity contribution in [2.75, 3.05) is 19.8 Å². The van der Waals surface area contributed by atoms with Gasteiger partial charge < -0.3 is 4.74 Å². The first-order valence-corrected chi connectivity index (χ1v) is 7.97. The van der Waals surface area contributed by atoms with Crippen LogP contribution in [-0.4, -0.2) is 28.2 Å². The van der Waals surface area contributed by atoms with Gasteiger partial charge in [-0.3, -0.25) is 0 Å². The molecule has 4 nitrogen and oxygen atoms in total. The fraction of sp³-hybridized carbons (Fsp3) is 0.286. The second kappa shape index (κ2) is 8.21. The fourth-order valence-corrected chi connectivity index (χ4v) is 2.22. The average Bonchev–Trinajstić information content (AvgIpc) is 2.37. The van der Waals surface area contributed by atoms with E-state index < -0.39 is 10.0 Å². The van der Waals surface area contributed by atoms with Crippen molar-refractivity contribution < 1.29 is 13.2 Å². The minimum Gasteiger partial charge on any atom is -0.376 e. The Morgan fingerprint density at radius 2 is 2.05 bits per heavy atom. The second-order valence-electron chi connectivity index (χ2n) is 4.30. The number of ether oxygens (including phenoxy) is 1. The van der Waals surface area contributed by atoms with Crippen molar-refractivity contribution in [3.05, 3.63) is 52.4 Å². The maximum atomic E-state index is 11.7. The summed E-state index contributed by atoms with van der Waals surface area (Å²) in [6.45, 7) is 6.49. The van der Waals surface area contributed by atoms with E-state index in [2.05, 4.69) is 11.3 Å². The first kappa shape index (κ1) is 16.9. The van der Waals surface area contributed by atoms with Crippen LogP contribution in [0.3, 0.4) is 0 Å². The Labute approximate surface area is 125 Å². The third kappa shape index (κ3) is 7.45. The lowest BCUT2D eigenvalue weighted by atomic mass is 10.2. The summed E-state index contributed by atoms with van der Waals surface area (Å²) in [5.74, 6) is 0. The quantitative estimate of drug-likeness (QED) is 0.593. The summed E-state index contributed by atoms with van der Waals surface area (Å²) in [5.41, 5.74) is 1.66. The van der Waals surface area contributed by atoms with Crippen LogP contribution in [-0.2, 0) is 14.8 Å². The van der Waals surface area contributed by atoms with Gasteiger partial charge in [-0.2, -0.15) is 0 Å². The molecule has 0 aliphatic carbocycles. The van der Waals surface area contributed by atoms with Crippen LogP contribution in [0.2, 0.25) is 5.02 Å². The molecule has 1 aromatic carbocycles. The van der Waals surface area contributed by atoms with Gasteiger partial charge in [0.25, 0.3) is 0 Å². The minimum atomic E-state index is -3.46. The van der Waals surface area contributed by atoms with Gasteiger partial charge in [-0.1, -0.05) is 35.9 Å². The zero-order valence-corrected chi connectivity index (χ0v) is 12.9. The molecule has 0 saturated carbocycles. The lowest BCUT2D eigenvalue weighted by Crippen LogP contribution is -2.25. The predicted molar refractivity (Wildman–Crippen MR) is 83.0 cm³/mol. The second-order valence-corrected chi connectivity index (χ2v) is 6.39. The van der Waals surface area contributed by atoms with Gasteiger partial charge in [0.1, 0.15) is 0 Å². The topological polar surface area (TPSA) is 55.4 Å². The number of sulfonamides is 1. The highest BCUT2D eigenvalue weighted by atomic mass is 35.5. The lowest BCUT2D eigenvalue weighted by molar-refractivity contribution is 0.162. The Morgan fingerprint density at radius 3 is 2.65 bits per heavy atom. The summed E-state index contributed by atoms with van der Waals surface area (Å²) in [6, 6.07) is 6.88. The summed E-state index contributed by atoms with van der Waals surface area (Å²) < 4.78 is 31.0. The molecule has 0 fully saturated rings. The number of benzene rings is 1. The maximum Gasteiger partial charge on any atom is 0.233 e. The maximum absolute atomic E-state index is 11.7. The Hall–Kier alpha value is -1.14. The number of nitrogens with one attached hydrogen (secondary N) is 1. The molecule has 0 spiro atoms. The molecule has 1 N–H and O–H groups in total. The molecule has 0 atom stereocenters. The van der Waals surface area contributed by atoms with Crippen molar-refractivity contribution in [1.29, 1.82) is 0 Å². The van der Waals surface area contributed by atoms with E-state index in [0.29, 0.717) is 18.2 Å². The van der Waals surface area contributed by atoms with Gasteiger partial charge in [0.05, 0.1) is 13.2 Å². The van der Waals surface area contributed by atoms with E-state index in [1.807, 2.05) is 6.92 Å². The SMILES string of the molecule is C=C(C)COCCNS(=O)(=O)/C=C/c1ccc(Cl)cc1. The zero-order chi connectivity index (χ0) is 15.0. The fourth-order valence-electron chi connectivity index (χ4n) is 1.29. The van der Waals surface area contributed by atoms with Gasteiger partial charge >= 0.3 is 0 Å². The molecule has 0 bridgehead atoms. The monoisotopic (exact) mass is 315 g/mol. The molecule has 1 aromatic rings. The van der Waals surface area contributed by atoms with Crippen LogP contribution >= 0.6 is 11.6 Å². The molecule has 110 valence electrons. The van der Waals surface area contributed by atoms with E-state index in [4.69, 9.17) is 16.3 Å². The predicted octanol–water partition coefficient (Wildman–Crippen LogP) is 2.82. The zero-order valence-electron chi connectivity index (χ0n) is 11.3. The van der Waals surface area contributed by atoms with Gasteiger partial charge in [-0.15, -0.1) is 0 Å². The van der Waals surface area contributed by atoms with Gasteiger partial charge in [0, 0.05) is 17.0 Å². The largest absolute Gasteiger partial charge is 0.376 e. The van der Waals surface area contributed by atoms with Crippen molar-refractivity contribution in [2.24, 2.45) is 0 Å². The minimum absolute atomic E-state index is 0.223. The van der Waals surface area contributed by atoms with E-state index >= 15 is 0 Å². The van der Waals surface area contributed by atoms with E-state index in [1.165, 1.54) is 6.08 Å². The lowest BCUT2D eigenvalue weighted by Gasteiger charge is -2.04. The Balaban J connectivity index is 2.41. The van der Waals surface area contributed by atoms with Gasteiger partial charge in [0.2, 0.25) is 10.0 Å². The number of hydrogen-bond acceptors (Lipinski definition) is 3. The molecule has 0 amide bonds. The highest BCUT2D eigenvalue weighted by Gasteiger charge is 2.03. The highest BCUT2D eigenvalue weighted by molar-refractivity contribution is 7.92. The van der Waals surface area contributed by atoms with E-state index in [-0.39, 0.29) is 6.54 Å². The van der Waals surface area contributed by atoms with Crippen molar-refractivity contribution >= 4 is 27.7 Å². The van der Waals surface area contributed by atoms with Crippen LogP contribution in [0.5, 0.6) is 0 Å². The summed E-state index contributed by atoms with van der Waals surface area (Å²) in [7, 11) is -3.46. The van der Waals surface area contributed by atoms with E-state index in [0.717, 1.165) is 16.5 Å². The molecule has 0 radical (unpaired) electrons. The smallest absolute Gasteiger partial charge is 0.233 e. The summed E-state index contributed by atoms with van der Waals surface area (Å²) in [6.07, 6.45) is 1.51. The molecule has 0 aromatic heterocycles. The molecule has 0 aliphatic heterocycles. The van der Waals surface area contributed by atoms with Crippen molar-refractivity contribution in [1.82, 2.24) is 4.72 Å². The number of rotatable bonds is 8. The highest BCUT2D eigenvalue weighted by Crippen LogP contribution is 2.10. The summed E-state index contributed by atoms with van der Waals surface area (Å²) in [4.78, 5) is 0. The van der Waals surface area contributed by atoms with Crippen molar-refractivity contribution in [3.8, 4) is 0 Å². The standard InChI is InChI=1S/C14H18ClNO3S/c1-12(2)11-19-9-8-16-20(17,18)10-7-13-3-5-14(15)6-4-13/h3-7,10,16H,1,8-9,11H2,2H3/b10-7+. The molecule has 6 heteroatoms. The molecule has 0 unspecified atom stereocenters. The average molecular weight is 316 g/mol. The molecular weight excluding hydrogens is 298 g/mol. The number of halogens is 1. The van der Waals surface area contributed by atoms with Gasteiger partial charge in [-0.05, 0) is 30.7 Å². The summed E-state index contributed by atoms with van der Waals surface area (Å²) in [5, 5.41) is 1.73. The van der Waals surface area contributed by atoms with Crippen LogP contribution < -0.4 is 4.72 Å². The van der Waals surface area contributed by atoms with Crippen LogP contribution in [0.4, 0.5) is 0 Å². The first-order valence-electron chi connectivity index (χ1n) is 6.04.